The summed E-state index contributed by atoms with van der Waals surface area (Å²) in [5.41, 5.74) is -0.0741. The summed E-state index contributed by atoms with van der Waals surface area (Å²) in [6.45, 7) is 0. The van der Waals surface area contributed by atoms with Crippen LogP contribution in [0.5, 0.6) is 11.5 Å². The summed E-state index contributed by atoms with van der Waals surface area (Å²) in [5.74, 6) is -1.53. The second-order valence-electron chi connectivity index (χ2n) is 6.18. The van der Waals surface area contributed by atoms with Gasteiger partial charge < -0.3 is 29.6 Å². The highest BCUT2D eigenvalue weighted by atomic mass is 16.5. The number of hydrogen-bond donors (Lipinski definition) is 4. The Kier molecular flexibility index (Phi) is 6.65. The highest BCUT2D eigenvalue weighted by Crippen LogP contribution is 2.21. The van der Waals surface area contributed by atoms with E-state index in [-0.39, 0.29) is 33.6 Å². The Balaban J connectivity index is 1.77. The molecule has 0 aliphatic rings. The van der Waals surface area contributed by atoms with Crippen LogP contribution in [0.2, 0.25) is 0 Å². The normalized spacial score (nSPS) is 10.3. The first-order valence-corrected chi connectivity index (χ1v) is 8.81. The van der Waals surface area contributed by atoms with E-state index in [4.69, 9.17) is 9.47 Å². The van der Waals surface area contributed by atoms with Crippen molar-refractivity contribution in [3.8, 4) is 11.5 Å². The molecule has 8 nitrogen and oxygen atoms in total. The second kappa shape index (κ2) is 9.38. The third-order valence-electron chi connectivity index (χ3n) is 4.14. The Hall–Kier alpha value is -3.43. The maximum atomic E-state index is 12.4. The third-order valence-corrected chi connectivity index (χ3v) is 4.14. The zero-order valence-corrected chi connectivity index (χ0v) is 15.5. The van der Waals surface area contributed by atoms with Crippen LogP contribution in [0.15, 0.2) is 72.8 Å². The van der Waals surface area contributed by atoms with Crippen molar-refractivity contribution < 1.29 is 39.2 Å². The van der Waals surface area contributed by atoms with Crippen LogP contribution in [0.4, 0.5) is 0 Å². The van der Waals surface area contributed by atoms with Crippen LogP contribution in [0.3, 0.4) is 0 Å². The van der Waals surface area contributed by atoms with Crippen LogP contribution in [0.25, 0.3) is 0 Å². The highest BCUT2D eigenvalue weighted by Gasteiger charge is 2.23. The van der Waals surface area contributed by atoms with E-state index in [0.717, 1.165) is 0 Å². The lowest BCUT2D eigenvalue weighted by Crippen LogP contribution is -2.35. The molecule has 0 radical (unpaired) electrons. The topological polar surface area (TPSA) is 134 Å². The SMILES string of the molecule is O=C(Oc1cccc(OC(=O)c2ccccc2B(O)O)c1)c1ccccc1B(O)O. The summed E-state index contributed by atoms with van der Waals surface area (Å²) in [7, 11) is -3.69. The maximum Gasteiger partial charge on any atom is 0.489 e. The molecule has 0 unspecified atom stereocenters. The molecule has 0 bridgehead atoms. The molecule has 0 heterocycles. The fourth-order valence-electron chi connectivity index (χ4n) is 2.74. The molecule has 0 fully saturated rings. The van der Waals surface area contributed by atoms with Gasteiger partial charge in [0.25, 0.3) is 0 Å². The number of carbonyl (C=O) groups excluding carboxylic acids is 2. The summed E-state index contributed by atoms with van der Waals surface area (Å²) < 4.78 is 10.5. The van der Waals surface area contributed by atoms with E-state index in [0.29, 0.717) is 0 Å². The first-order chi connectivity index (χ1) is 14.4. The minimum absolute atomic E-state index is 0.00995. The van der Waals surface area contributed by atoms with Crippen molar-refractivity contribution in [3.63, 3.8) is 0 Å². The summed E-state index contributed by atoms with van der Waals surface area (Å²) in [6, 6.07) is 17.4. The van der Waals surface area contributed by atoms with Gasteiger partial charge in [0.1, 0.15) is 11.5 Å². The van der Waals surface area contributed by atoms with Gasteiger partial charge in [0, 0.05) is 6.07 Å². The monoisotopic (exact) mass is 406 g/mol. The molecule has 4 N–H and O–H groups in total. The summed E-state index contributed by atoms with van der Waals surface area (Å²) in [4.78, 5) is 24.8. The van der Waals surface area contributed by atoms with Crippen LogP contribution in [-0.4, -0.2) is 46.3 Å². The molecular formula is C20H16B2O8. The van der Waals surface area contributed by atoms with Crippen molar-refractivity contribution in [2.75, 3.05) is 0 Å². The average molecular weight is 406 g/mol. The molecule has 0 saturated heterocycles. The summed E-state index contributed by atoms with van der Waals surface area (Å²) in [6.07, 6.45) is 0. The van der Waals surface area contributed by atoms with Crippen molar-refractivity contribution in [2.24, 2.45) is 0 Å². The predicted molar refractivity (Wildman–Crippen MR) is 109 cm³/mol. The second-order valence-corrected chi connectivity index (χ2v) is 6.18. The van der Waals surface area contributed by atoms with E-state index in [2.05, 4.69) is 0 Å². The molecule has 10 heteroatoms. The number of carbonyl (C=O) groups is 2. The minimum atomic E-state index is -1.84. The Bertz CT molecular complexity index is 987. The van der Waals surface area contributed by atoms with Crippen molar-refractivity contribution in [2.45, 2.75) is 0 Å². The van der Waals surface area contributed by atoms with Crippen molar-refractivity contribution >= 4 is 37.1 Å². The lowest BCUT2D eigenvalue weighted by atomic mass is 9.77. The van der Waals surface area contributed by atoms with Crippen LogP contribution in [-0.2, 0) is 0 Å². The Labute approximate surface area is 172 Å². The number of esters is 2. The quantitative estimate of drug-likeness (QED) is 0.244. The molecule has 0 saturated carbocycles. The smallest absolute Gasteiger partial charge is 0.423 e. The van der Waals surface area contributed by atoms with Gasteiger partial charge in [0.15, 0.2) is 0 Å². The van der Waals surface area contributed by atoms with Gasteiger partial charge in [0.2, 0.25) is 0 Å². The lowest BCUT2D eigenvalue weighted by Gasteiger charge is -2.11. The molecule has 0 amide bonds. The van der Waals surface area contributed by atoms with Gasteiger partial charge in [-0.15, -0.1) is 0 Å². The van der Waals surface area contributed by atoms with Gasteiger partial charge in [-0.3, -0.25) is 0 Å². The molecule has 150 valence electrons. The van der Waals surface area contributed by atoms with E-state index in [1.807, 2.05) is 0 Å². The van der Waals surface area contributed by atoms with Crippen LogP contribution in [0.1, 0.15) is 20.7 Å². The molecule has 0 aliphatic heterocycles. The first-order valence-electron chi connectivity index (χ1n) is 8.81. The standard InChI is InChI=1S/C20H16B2O8/c23-19(15-8-1-3-10-17(15)21(25)26)29-13-6-5-7-14(12-13)30-20(24)16-9-2-4-11-18(16)22(27)28/h1-12,25-28H. The van der Waals surface area contributed by atoms with Crippen molar-refractivity contribution in [3.05, 3.63) is 83.9 Å². The molecular weight excluding hydrogens is 390 g/mol. The van der Waals surface area contributed by atoms with Gasteiger partial charge in [-0.05, 0) is 35.2 Å². The highest BCUT2D eigenvalue weighted by molar-refractivity contribution is 6.60. The van der Waals surface area contributed by atoms with Crippen LogP contribution in [0, 0.1) is 0 Å². The van der Waals surface area contributed by atoms with Crippen molar-refractivity contribution in [1.29, 1.82) is 0 Å². The zero-order chi connectivity index (χ0) is 21.7. The molecule has 30 heavy (non-hydrogen) atoms. The summed E-state index contributed by atoms with van der Waals surface area (Å²) in [5, 5.41) is 37.5. The molecule has 0 atom stereocenters. The fraction of sp³-hybridized carbons (Fsp3) is 0. The van der Waals surface area contributed by atoms with Gasteiger partial charge in [0.05, 0.1) is 11.1 Å². The first kappa shape index (κ1) is 21.3. The minimum Gasteiger partial charge on any atom is -0.423 e. The van der Waals surface area contributed by atoms with E-state index in [1.165, 1.54) is 48.5 Å². The van der Waals surface area contributed by atoms with Crippen LogP contribution < -0.4 is 20.4 Å². The van der Waals surface area contributed by atoms with E-state index in [9.17, 15) is 29.7 Å². The van der Waals surface area contributed by atoms with Crippen molar-refractivity contribution in [1.82, 2.24) is 0 Å². The van der Waals surface area contributed by atoms with E-state index >= 15 is 0 Å². The van der Waals surface area contributed by atoms with E-state index < -0.39 is 26.2 Å². The number of hydrogen-bond acceptors (Lipinski definition) is 8. The molecule has 0 aliphatic carbocycles. The number of rotatable bonds is 6. The van der Waals surface area contributed by atoms with Gasteiger partial charge in [-0.25, -0.2) is 9.59 Å². The lowest BCUT2D eigenvalue weighted by molar-refractivity contribution is 0.0733. The van der Waals surface area contributed by atoms with Gasteiger partial charge in [-0.2, -0.15) is 0 Å². The summed E-state index contributed by atoms with van der Waals surface area (Å²) >= 11 is 0. The number of ether oxygens (including phenoxy) is 2. The fourth-order valence-corrected chi connectivity index (χ4v) is 2.74. The Morgan fingerprint density at radius 2 is 1.00 bits per heavy atom. The van der Waals surface area contributed by atoms with Gasteiger partial charge in [-0.1, -0.05) is 42.5 Å². The zero-order valence-electron chi connectivity index (χ0n) is 15.5. The largest absolute Gasteiger partial charge is 0.489 e. The maximum absolute atomic E-state index is 12.4. The van der Waals surface area contributed by atoms with Crippen LogP contribution >= 0.6 is 0 Å². The molecule has 3 aromatic carbocycles. The van der Waals surface area contributed by atoms with Gasteiger partial charge >= 0.3 is 26.2 Å². The average Bonchev–Trinajstić information content (AvgIpc) is 2.73. The predicted octanol–water partition coefficient (Wildman–Crippen LogP) is -0.515. The molecule has 3 aromatic rings. The molecule has 0 spiro atoms. The van der Waals surface area contributed by atoms with E-state index in [1.54, 1.807) is 24.3 Å². The third kappa shape index (κ3) is 4.94. The Morgan fingerprint density at radius 1 is 0.600 bits per heavy atom. The number of benzene rings is 3. The molecule has 3 rings (SSSR count). The molecule has 0 aromatic heterocycles. The Morgan fingerprint density at radius 3 is 1.40 bits per heavy atom.